The fourth-order valence-corrected chi connectivity index (χ4v) is 4.17. The fraction of sp³-hybridized carbons (Fsp3) is 0.636. The van der Waals surface area contributed by atoms with Gasteiger partial charge >= 0.3 is 0 Å². The highest BCUT2D eigenvalue weighted by molar-refractivity contribution is 5.93. The summed E-state index contributed by atoms with van der Waals surface area (Å²) in [7, 11) is 0. The van der Waals surface area contributed by atoms with E-state index in [2.05, 4.69) is 28.1 Å². The Bertz CT molecular complexity index is 658. The van der Waals surface area contributed by atoms with Crippen LogP contribution in [0.1, 0.15) is 49.7 Å². The number of carbonyl (C=O) groups excluding carboxylic acids is 2. The molecular weight excluding hydrogens is 338 g/mol. The molecule has 0 atom stereocenters. The third-order valence-electron chi connectivity index (χ3n) is 6.10. The first-order chi connectivity index (χ1) is 13.0. The molecule has 5 nitrogen and oxygen atoms in total. The van der Waals surface area contributed by atoms with Gasteiger partial charge in [-0.1, -0.05) is 25.0 Å². The number of nitrogens with one attached hydrogen (secondary N) is 1. The topological polar surface area (TPSA) is 52.7 Å². The van der Waals surface area contributed by atoms with Crippen LogP contribution in [0.4, 0.5) is 5.69 Å². The monoisotopic (exact) mass is 371 g/mol. The van der Waals surface area contributed by atoms with Gasteiger partial charge in [-0.05, 0) is 69.8 Å². The average Bonchev–Trinajstić information content (AvgIpc) is 2.95. The van der Waals surface area contributed by atoms with Crippen molar-refractivity contribution in [1.82, 2.24) is 9.80 Å². The zero-order chi connectivity index (χ0) is 19.2. The Hall–Kier alpha value is -1.88. The highest BCUT2D eigenvalue weighted by atomic mass is 16.2. The summed E-state index contributed by atoms with van der Waals surface area (Å²) in [4.78, 5) is 29.4. The van der Waals surface area contributed by atoms with Crippen LogP contribution in [0.15, 0.2) is 18.2 Å². The molecule has 2 amide bonds. The first-order valence-electron chi connectivity index (χ1n) is 10.4. The maximum atomic E-state index is 12.8. The first kappa shape index (κ1) is 19.9. The molecule has 0 unspecified atom stereocenters. The zero-order valence-electron chi connectivity index (χ0n) is 16.8. The van der Waals surface area contributed by atoms with Crippen LogP contribution in [0.25, 0.3) is 0 Å². The highest BCUT2D eigenvalue weighted by Gasteiger charge is 2.29. The van der Waals surface area contributed by atoms with Gasteiger partial charge in [0.25, 0.3) is 0 Å². The lowest BCUT2D eigenvalue weighted by molar-refractivity contribution is -0.137. The number of carbonyl (C=O) groups is 2. The third-order valence-corrected chi connectivity index (χ3v) is 6.10. The van der Waals surface area contributed by atoms with E-state index in [1.807, 2.05) is 19.1 Å². The van der Waals surface area contributed by atoms with Crippen LogP contribution in [0.3, 0.4) is 0 Å². The van der Waals surface area contributed by atoms with Gasteiger partial charge in [-0.25, -0.2) is 0 Å². The molecule has 2 aliphatic rings. The predicted octanol–water partition coefficient (Wildman–Crippen LogP) is 3.36. The zero-order valence-corrected chi connectivity index (χ0v) is 16.8. The Morgan fingerprint density at radius 3 is 2.33 bits per heavy atom. The normalized spacial score (nSPS) is 19.6. The standard InChI is InChI=1S/C22H33N3O2/c1-17-8-7-9-20(18(17)2)23-21(26)16-24-14-10-19(11-15-24)22(27)25-12-5-3-4-6-13-25/h7-9,19H,3-6,10-16H2,1-2H3,(H,23,26). The van der Waals surface area contributed by atoms with Crippen LogP contribution in [0, 0.1) is 19.8 Å². The van der Waals surface area contributed by atoms with Crippen molar-refractivity contribution in [2.24, 2.45) is 5.92 Å². The van der Waals surface area contributed by atoms with Gasteiger partial charge < -0.3 is 10.2 Å². The quantitative estimate of drug-likeness (QED) is 0.883. The SMILES string of the molecule is Cc1cccc(NC(=O)CN2CCC(C(=O)N3CCCCCC3)CC2)c1C. The molecule has 0 aromatic heterocycles. The number of nitrogens with zero attached hydrogens (tertiary/aromatic N) is 2. The largest absolute Gasteiger partial charge is 0.342 e. The number of hydrogen-bond acceptors (Lipinski definition) is 3. The molecule has 2 fully saturated rings. The van der Waals surface area contributed by atoms with Gasteiger partial charge in [0.05, 0.1) is 6.54 Å². The molecule has 1 aromatic rings. The summed E-state index contributed by atoms with van der Waals surface area (Å²) in [6, 6.07) is 5.97. The first-order valence-corrected chi connectivity index (χ1v) is 10.4. The van der Waals surface area contributed by atoms with Gasteiger partial charge in [0, 0.05) is 24.7 Å². The van der Waals surface area contributed by atoms with Crippen LogP contribution in [0.5, 0.6) is 0 Å². The molecule has 148 valence electrons. The van der Waals surface area contributed by atoms with E-state index in [0.717, 1.165) is 63.1 Å². The molecule has 0 aliphatic carbocycles. The number of likely N-dealkylation sites (tertiary alicyclic amines) is 2. The molecule has 2 saturated heterocycles. The number of rotatable bonds is 4. The van der Waals surface area contributed by atoms with Crippen LogP contribution < -0.4 is 5.32 Å². The van der Waals surface area contributed by atoms with Crippen LogP contribution in [-0.4, -0.2) is 54.3 Å². The summed E-state index contributed by atoms with van der Waals surface area (Å²) in [5.41, 5.74) is 3.19. The van der Waals surface area contributed by atoms with Crippen LogP contribution in [-0.2, 0) is 9.59 Å². The van der Waals surface area contributed by atoms with E-state index in [1.54, 1.807) is 0 Å². The van der Waals surface area contributed by atoms with Crippen LogP contribution >= 0.6 is 0 Å². The molecule has 2 aliphatic heterocycles. The maximum absolute atomic E-state index is 12.8. The van der Waals surface area contributed by atoms with Crippen molar-refractivity contribution in [2.75, 3.05) is 38.0 Å². The van der Waals surface area contributed by atoms with E-state index in [1.165, 1.54) is 18.4 Å². The maximum Gasteiger partial charge on any atom is 0.238 e. The van der Waals surface area contributed by atoms with Crippen molar-refractivity contribution in [3.05, 3.63) is 29.3 Å². The van der Waals surface area contributed by atoms with Crippen molar-refractivity contribution >= 4 is 17.5 Å². The van der Waals surface area contributed by atoms with Crippen molar-refractivity contribution < 1.29 is 9.59 Å². The molecule has 1 N–H and O–H groups in total. The summed E-state index contributed by atoms with van der Waals surface area (Å²) in [5.74, 6) is 0.513. The Labute approximate surface area is 163 Å². The smallest absolute Gasteiger partial charge is 0.238 e. The lowest BCUT2D eigenvalue weighted by atomic mass is 9.95. The number of aryl methyl sites for hydroxylation is 1. The Morgan fingerprint density at radius 1 is 1.00 bits per heavy atom. The summed E-state index contributed by atoms with van der Waals surface area (Å²) in [6.07, 6.45) is 6.51. The highest BCUT2D eigenvalue weighted by Crippen LogP contribution is 2.22. The lowest BCUT2D eigenvalue weighted by Gasteiger charge is -2.33. The molecule has 5 heteroatoms. The van der Waals surface area contributed by atoms with Gasteiger partial charge in [0.15, 0.2) is 0 Å². The second kappa shape index (κ2) is 9.36. The summed E-state index contributed by atoms with van der Waals surface area (Å²) < 4.78 is 0. The van der Waals surface area contributed by atoms with Crippen molar-refractivity contribution in [3.8, 4) is 0 Å². The van der Waals surface area contributed by atoms with E-state index in [9.17, 15) is 9.59 Å². The van der Waals surface area contributed by atoms with E-state index in [-0.39, 0.29) is 11.8 Å². The molecule has 3 rings (SSSR count). The number of benzene rings is 1. The number of anilines is 1. The fourth-order valence-electron chi connectivity index (χ4n) is 4.17. The molecule has 0 bridgehead atoms. The third kappa shape index (κ3) is 5.32. The van der Waals surface area contributed by atoms with E-state index >= 15 is 0 Å². The molecule has 0 saturated carbocycles. The number of hydrogen-bond donors (Lipinski definition) is 1. The van der Waals surface area contributed by atoms with Crippen molar-refractivity contribution in [2.45, 2.75) is 52.4 Å². The van der Waals surface area contributed by atoms with Crippen molar-refractivity contribution in [1.29, 1.82) is 0 Å². The summed E-state index contributed by atoms with van der Waals surface area (Å²) in [6.45, 7) is 7.99. The Balaban J connectivity index is 1.45. The van der Waals surface area contributed by atoms with Gasteiger partial charge in [-0.3, -0.25) is 14.5 Å². The average molecular weight is 372 g/mol. The summed E-state index contributed by atoms with van der Waals surface area (Å²) in [5, 5.41) is 3.04. The van der Waals surface area contributed by atoms with E-state index in [4.69, 9.17) is 0 Å². The second-order valence-corrected chi connectivity index (χ2v) is 8.09. The predicted molar refractivity (Wildman–Crippen MR) is 109 cm³/mol. The van der Waals surface area contributed by atoms with Gasteiger partial charge in [0.1, 0.15) is 0 Å². The van der Waals surface area contributed by atoms with Gasteiger partial charge in [-0.15, -0.1) is 0 Å². The molecule has 2 heterocycles. The molecule has 27 heavy (non-hydrogen) atoms. The summed E-state index contributed by atoms with van der Waals surface area (Å²) >= 11 is 0. The minimum absolute atomic E-state index is 0.0287. The Morgan fingerprint density at radius 2 is 1.67 bits per heavy atom. The number of amides is 2. The second-order valence-electron chi connectivity index (χ2n) is 8.09. The molecule has 0 radical (unpaired) electrons. The van der Waals surface area contributed by atoms with Gasteiger partial charge in [-0.2, -0.15) is 0 Å². The van der Waals surface area contributed by atoms with Gasteiger partial charge in [0.2, 0.25) is 11.8 Å². The molecular formula is C22H33N3O2. The Kier molecular flexibility index (Phi) is 6.89. The molecule has 0 spiro atoms. The lowest BCUT2D eigenvalue weighted by Crippen LogP contribution is -2.44. The van der Waals surface area contributed by atoms with Crippen molar-refractivity contribution in [3.63, 3.8) is 0 Å². The minimum atomic E-state index is 0.0287. The number of piperidine rings is 1. The van der Waals surface area contributed by atoms with Crippen LogP contribution in [0.2, 0.25) is 0 Å². The molecule has 1 aromatic carbocycles. The van der Waals surface area contributed by atoms with E-state index < -0.39 is 0 Å². The van der Waals surface area contributed by atoms with E-state index in [0.29, 0.717) is 12.5 Å². The minimum Gasteiger partial charge on any atom is -0.342 e.